The zero-order valence-electron chi connectivity index (χ0n) is 19.0. The molecular weight excluding hydrogens is 364 g/mol. The van der Waals surface area contributed by atoms with E-state index in [1.54, 1.807) is 0 Å². The summed E-state index contributed by atoms with van der Waals surface area (Å²) in [5.74, 6) is 0.390. The summed E-state index contributed by atoms with van der Waals surface area (Å²) in [6.07, 6.45) is 16.6. The molecule has 30 heavy (non-hydrogen) atoms. The van der Waals surface area contributed by atoms with Crippen molar-refractivity contribution in [3.05, 3.63) is 120 Å². The van der Waals surface area contributed by atoms with Gasteiger partial charge in [0.05, 0.1) is 0 Å². The van der Waals surface area contributed by atoms with Gasteiger partial charge in [-0.05, 0) is 51.3 Å². The normalized spacial score (nSPS) is 16.1. The number of nitrogens with one attached hydrogen (secondary N) is 1. The first-order chi connectivity index (χ1) is 14.5. The highest BCUT2D eigenvalue weighted by atomic mass is 15.1. The van der Waals surface area contributed by atoms with E-state index in [1.165, 1.54) is 22.4 Å². The number of benzene rings is 1. The maximum absolute atomic E-state index is 4.27. The quantitative estimate of drug-likeness (QED) is 0.412. The SMILES string of the molecule is C=C(C/C(=C/C)N1C=CC=C(C)C1=C)NCCC(/C(C)=C/C=C\C)c1ccccc1. The van der Waals surface area contributed by atoms with E-state index in [1.807, 2.05) is 0 Å². The van der Waals surface area contributed by atoms with E-state index in [0.717, 1.165) is 30.8 Å². The number of rotatable bonds is 10. The van der Waals surface area contributed by atoms with Gasteiger partial charge in [-0.15, -0.1) is 0 Å². The van der Waals surface area contributed by atoms with Gasteiger partial charge in [0.2, 0.25) is 0 Å². The molecule has 1 aromatic carbocycles. The van der Waals surface area contributed by atoms with Crippen molar-refractivity contribution in [2.24, 2.45) is 0 Å². The van der Waals surface area contributed by atoms with Crippen LogP contribution in [0.1, 0.15) is 52.0 Å². The standard InChI is InChI=1S/C28H36N2/c1-7-9-14-23(4)28(26-16-11-10-12-17-26)18-19-29-24(5)21-27(8-2)30-20-13-15-22(3)25(30)6/h7-17,20,28-29H,5-6,18-19,21H2,1-4H3/b9-7-,23-14+,27-8-. The van der Waals surface area contributed by atoms with Gasteiger partial charge in [0.15, 0.2) is 0 Å². The lowest BCUT2D eigenvalue weighted by atomic mass is 9.88. The lowest BCUT2D eigenvalue weighted by Crippen LogP contribution is -2.22. The molecule has 0 saturated carbocycles. The van der Waals surface area contributed by atoms with Gasteiger partial charge in [-0.2, -0.15) is 0 Å². The van der Waals surface area contributed by atoms with Crippen LogP contribution in [-0.2, 0) is 0 Å². The molecule has 0 amide bonds. The summed E-state index contributed by atoms with van der Waals surface area (Å²) >= 11 is 0. The Morgan fingerprint density at radius 1 is 1.20 bits per heavy atom. The van der Waals surface area contributed by atoms with Crippen LogP contribution in [0, 0.1) is 0 Å². The summed E-state index contributed by atoms with van der Waals surface area (Å²) in [5, 5.41) is 3.55. The summed E-state index contributed by atoms with van der Waals surface area (Å²) in [6, 6.07) is 10.7. The molecule has 1 aliphatic rings. The fourth-order valence-corrected chi connectivity index (χ4v) is 3.63. The summed E-state index contributed by atoms with van der Waals surface area (Å²) in [7, 11) is 0. The Kier molecular flexibility index (Phi) is 9.21. The fraction of sp³-hybridized carbons (Fsp3) is 0.286. The summed E-state index contributed by atoms with van der Waals surface area (Å²) in [4.78, 5) is 2.15. The van der Waals surface area contributed by atoms with Gasteiger partial charge >= 0.3 is 0 Å². The molecular formula is C28H36N2. The lowest BCUT2D eigenvalue weighted by Gasteiger charge is -2.29. The van der Waals surface area contributed by atoms with Crippen LogP contribution in [0.4, 0.5) is 0 Å². The van der Waals surface area contributed by atoms with Crippen LogP contribution in [0.5, 0.6) is 0 Å². The minimum absolute atomic E-state index is 0.390. The molecule has 0 bridgehead atoms. The molecule has 2 nitrogen and oxygen atoms in total. The molecule has 1 heterocycles. The molecule has 0 saturated heterocycles. The second-order valence-corrected chi connectivity index (χ2v) is 7.68. The minimum Gasteiger partial charge on any atom is -0.388 e. The molecule has 0 spiro atoms. The van der Waals surface area contributed by atoms with Crippen molar-refractivity contribution in [1.29, 1.82) is 0 Å². The molecule has 0 aliphatic carbocycles. The summed E-state index contributed by atoms with van der Waals surface area (Å²) in [5.41, 5.74) is 7.15. The van der Waals surface area contributed by atoms with Gasteiger partial charge in [-0.25, -0.2) is 0 Å². The van der Waals surface area contributed by atoms with Crippen molar-refractivity contribution in [1.82, 2.24) is 10.2 Å². The highest BCUT2D eigenvalue weighted by Crippen LogP contribution is 2.28. The third-order valence-corrected chi connectivity index (χ3v) is 5.48. The Hall–Kier alpha value is -3.00. The Bertz CT molecular complexity index is 878. The van der Waals surface area contributed by atoms with Crippen LogP contribution in [0.3, 0.4) is 0 Å². The highest BCUT2D eigenvalue weighted by Gasteiger charge is 2.16. The van der Waals surface area contributed by atoms with E-state index in [-0.39, 0.29) is 0 Å². The zero-order chi connectivity index (χ0) is 21.9. The van der Waals surface area contributed by atoms with Crippen molar-refractivity contribution in [3.8, 4) is 0 Å². The summed E-state index contributed by atoms with van der Waals surface area (Å²) < 4.78 is 0. The van der Waals surface area contributed by atoms with Crippen LogP contribution < -0.4 is 5.32 Å². The maximum atomic E-state index is 4.27. The first kappa shape index (κ1) is 23.3. The number of nitrogens with zero attached hydrogens (tertiary/aromatic N) is 1. The molecule has 0 fully saturated rings. The van der Waals surface area contributed by atoms with Crippen LogP contribution in [0.15, 0.2) is 114 Å². The van der Waals surface area contributed by atoms with E-state index < -0.39 is 0 Å². The molecule has 0 radical (unpaired) electrons. The van der Waals surface area contributed by atoms with Crippen molar-refractivity contribution >= 4 is 0 Å². The predicted octanol–water partition coefficient (Wildman–Crippen LogP) is 7.37. The Labute approximate surface area is 183 Å². The van der Waals surface area contributed by atoms with Crippen LogP contribution in [0.25, 0.3) is 0 Å². The number of hydrogen-bond donors (Lipinski definition) is 1. The van der Waals surface area contributed by atoms with Gasteiger partial charge in [-0.1, -0.05) is 79.4 Å². The Morgan fingerprint density at radius 2 is 1.93 bits per heavy atom. The molecule has 1 aromatic rings. The highest BCUT2D eigenvalue weighted by molar-refractivity contribution is 5.38. The topological polar surface area (TPSA) is 15.3 Å². The maximum Gasteiger partial charge on any atom is 0.0409 e. The molecule has 158 valence electrons. The predicted molar refractivity (Wildman–Crippen MR) is 132 cm³/mol. The van der Waals surface area contributed by atoms with Crippen molar-refractivity contribution in [2.75, 3.05) is 6.54 Å². The average molecular weight is 401 g/mol. The second-order valence-electron chi connectivity index (χ2n) is 7.68. The Balaban J connectivity index is 1.97. The second kappa shape index (κ2) is 11.9. The summed E-state index contributed by atoms with van der Waals surface area (Å²) in [6.45, 7) is 17.8. The van der Waals surface area contributed by atoms with E-state index in [4.69, 9.17) is 0 Å². The van der Waals surface area contributed by atoms with Crippen LogP contribution >= 0.6 is 0 Å². The average Bonchev–Trinajstić information content (AvgIpc) is 2.76. The minimum atomic E-state index is 0.390. The molecule has 1 unspecified atom stereocenters. The smallest absolute Gasteiger partial charge is 0.0409 e. The van der Waals surface area contributed by atoms with Crippen molar-refractivity contribution in [2.45, 2.75) is 46.5 Å². The third kappa shape index (κ3) is 6.52. The van der Waals surface area contributed by atoms with Gasteiger partial charge in [0.1, 0.15) is 0 Å². The Morgan fingerprint density at radius 3 is 2.60 bits per heavy atom. The monoisotopic (exact) mass is 400 g/mol. The fourth-order valence-electron chi connectivity index (χ4n) is 3.63. The molecule has 0 aromatic heterocycles. The van der Waals surface area contributed by atoms with E-state index >= 15 is 0 Å². The zero-order valence-corrected chi connectivity index (χ0v) is 19.0. The van der Waals surface area contributed by atoms with Gasteiger partial charge in [0, 0.05) is 42.2 Å². The first-order valence-electron chi connectivity index (χ1n) is 10.7. The molecule has 1 N–H and O–H groups in total. The molecule has 1 atom stereocenters. The number of allylic oxidation sites excluding steroid dienone is 8. The van der Waals surface area contributed by atoms with Crippen molar-refractivity contribution < 1.29 is 0 Å². The molecule has 2 rings (SSSR count). The third-order valence-electron chi connectivity index (χ3n) is 5.48. The van der Waals surface area contributed by atoms with E-state index in [9.17, 15) is 0 Å². The van der Waals surface area contributed by atoms with Crippen molar-refractivity contribution in [3.63, 3.8) is 0 Å². The molecule has 2 heteroatoms. The van der Waals surface area contributed by atoms with Crippen LogP contribution in [0.2, 0.25) is 0 Å². The van der Waals surface area contributed by atoms with Gasteiger partial charge in [-0.3, -0.25) is 0 Å². The van der Waals surface area contributed by atoms with E-state index in [2.05, 4.69) is 124 Å². The van der Waals surface area contributed by atoms with E-state index in [0.29, 0.717) is 5.92 Å². The van der Waals surface area contributed by atoms with Gasteiger partial charge < -0.3 is 10.2 Å². The van der Waals surface area contributed by atoms with Gasteiger partial charge in [0.25, 0.3) is 0 Å². The first-order valence-corrected chi connectivity index (χ1v) is 10.7. The lowest BCUT2D eigenvalue weighted by molar-refractivity contribution is 0.549. The number of hydrogen-bond acceptors (Lipinski definition) is 2. The molecule has 1 aliphatic heterocycles. The van der Waals surface area contributed by atoms with Crippen LogP contribution in [-0.4, -0.2) is 11.4 Å². The largest absolute Gasteiger partial charge is 0.388 e.